The van der Waals surface area contributed by atoms with Crippen LogP contribution in [-0.4, -0.2) is 37.9 Å². The molecule has 5 heteroatoms. The van der Waals surface area contributed by atoms with E-state index in [1.165, 1.54) is 12.1 Å². The second-order valence-electron chi connectivity index (χ2n) is 6.83. The Hall–Kier alpha value is -1.75. The molecule has 3 atom stereocenters. The lowest BCUT2D eigenvalue weighted by Crippen LogP contribution is -2.42. The second-order valence-corrected chi connectivity index (χ2v) is 6.83. The quantitative estimate of drug-likeness (QED) is 0.896. The third-order valence-electron chi connectivity index (χ3n) is 4.80. The fourth-order valence-corrected chi connectivity index (χ4v) is 3.39. The third kappa shape index (κ3) is 4.16. The van der Waals surface area contributed by atoms with Crippen LogP contribution in [0.5, 0.6) is 0 Å². The van der Waals surface area contributed by atoms with Crippen LogP contribution in [0, 0.1) is 5.92 Å². The van der Waals surface area contributed by atoms with E-state index in [0.717, 1.165) is 44.1 Å². The summed E-state index contributed by atoms with van der Waals surface area (Å²) in [7, 11) is 0. The fraction of sp³-hybridized carbons (Fsp3) is 0.611. The van der Waals surface area contributed by atoms with Crippen LogP contribution in [0.2, 0.25) is 0 Å². The highest BCUT2D eigenvalue weighted by Gasteiger charge is 2.23. The minimum Gasteiger partial charge on any atom is -0.376 e. The predicted octanol–water partition coefficient (Wildman–Crippen LogP) is 3.22. The minimum atomic E-state index is -0.171. The SMILES string of the molecule is C[C@@H]1CCN(c2ccc(NC(=O)N[C@H](C)[C@@H]3CCCO3)cc2)C1. The number of nitrogens with zero attached hydrogens (tertiary/aromatic N) is 1. The van der Waals surface area contributed by atoms with Gasteiger partial charge >= 0.3 is 6.03 Å². The van der Waals surface area contributed by atoms with Gasteiger partial charge in [0.05, 0.1) is 12.1 Å². The van der Waals surface area contributed by atoms with Gasteiger partial charge in [-0.15, -0.1) is 0 Å². The van der Waals surface area contributed by atoms with Gasteiger partial charge in [0.25, 0.3) is 0 Å². The molecule has 0 spiro atoms. The first-order chi connectivity index (χ1) is 11.1. The third-order valence-corrected chi connectivity index (χ3v) is 4.80. The maximum absolute atomic E-state index is 12.1. The predicted molar refractivity (Wildman–Crippen MR) is 93.0 cm³/mol. The van der Waals surface area contributed by atoms with Crippen LogP contribution in [0.3, 0.4) is 0 Å². The topological polar surface area (TPSA) is 53.6 Å². The van der Waals surface area contributed by atoms with Gasteiger partial charge in [-0.2, -0.15) is 0 Å². The average molecular weight is 317 g/mol. The molecule has 2 saturated heterocycles. The summed E-state index contributed by atoms with van der Waals surface area (Å²) in [5.74, 6) is 0.762. The lowest BCUT2D eigenvalue weighted by molar-refractivity contribution is 0.0868. The molecule has 2 fully saturated rings. The number of carbonyl (C=O) groups is 1. The number of ether oxygens (including phenoxy) is 1. The largest absolute Gasteiger partial charge is 0.376 e. The molecule has 2 heterocycles. The van der Waals surface area contributed by atoms with Gasteiger partial charge in [-0.25, -0.2) is 4.79 Å². The van der Waals surface area contributed by atoms with Gasteiger partial charge < -0.3 is 20.3 Å². The van der Waals surface area contributed by atoms with E-state index in [2.05, 4.69) is 34.6 Å². The van der Waals surface area contributed by atoms with E-state index in [0.29, 0.717) is 0 Å². The molecule has 5 nitrogen and oxygen atoms in total. The van der Waals surface area contributed by atoms with E-state index in [4.69, 9.17) is 4.74 Å². The van der Waals surface area contributed by atoms with E-state index in [1.54, 1.807) is 0 Å². The highest BCUT2D eigenvalue weighted by Crippen LogP contribution is 2.24. The van der Waals surface area contributed by atoms with Crippen molar-refractivity contribution in [3.8, 4) is 0 Å². The van der Waals surface area contributed by atoms with Crippen molar-refractivity contribution in [3.05, 3.63) is 24.3 Å². The molecule has 0 aliphatic carbocycles. The smallest absolute Gasteiger partial charge is 0.319 e. The summed E-state index contributed by atoms with van der Waals surface area (Å²) in [4.78, 5) is 14.5. The number of hydrogen-bond donors (Lipinski definition) is 2. The van der Waals surface area contributed by atoms with Crippen molar-refractivity contribution in [3.63, 3.8) is 0 Å². The number of hydrogen-bond acceptors (Lipinski definition) is 3. The second kappa shape index (κ2) is 7.21. The molecule has 1 aromatic rings. The molecule has 0 radical (unpaired) electrons. The van der Waals surface area contributed by atoms with Gasteiger partial charge in [0.1, 0.15) is 0 Å². The Labute approximate surface area is 138 Å². The lowest BCUT2D eigenvalue weighted by Gasteiger charge is -2.21. The monoisotopic (exact) mass is 317 g/mol. The first-order valence-electron chi connectivity index (χ1n) is 8.66. The van der Waals surface area contributed by atoms with Crippen molar-refractivity contribution >= 4 is 17.4 Å². The van der Waals surface area contributed by atoms with Crippen LogP contribution in [0.15, 0.2) is 24.3 Å². The highest BCUT2D eigenvalue weighted by atomic mass is 16.5. The molecule has 0 aromatic heterocycles. The molecule has 0 bridgehead atoms. The molecular formula is C18H27N3O2. The van der Waals surface area contributed by atoms with Gasteiger partial charge in [-0.3, -0.25) is 0 Å². The highest BCUT2D eigenvalue weighted by molar-refractivity contribution is 5.89. The normalized spacial score (nSPS) is 25.4. The van der Waals surface area contributed by atoms with Crippen LogP contribution < -0.4 is 15.5 Å². The molecule has 23 heavy (non-hydrogen) atoms. The summed E-state index contributed by atoms with van der Waals surface area (Å²) in [6.45, 7) is 7.32. The summed E-state index contributed by atoms with van der Waals surface area (Å²) >= 11 is 0. The Balaban J connectivity index is 1.50. The van der Waals surface area contributed by atoms with Gasteiger partial charge in [-0.05, 0) is 56.4 Å². The zero-order chi connectivity index (χ0) is 16.2. The summed E-state index contributed by atoms with van der Waals surface area (Å²) in [5, 5.41) is 5.86. The van der Waals surface area contributed by atoms with E-state index < -0.39 is 0 Å². The molecule has 2 amide bonds. The maximum atomic E-state index is 12.1. The molecular weight excluding hydrogens is 290 g/mol. The number of urea groups is 1. The van der Waals surface area contributed by atoms with E-state index in [-0.39, 0.29) is 18.2 Å². The van der Waals surface area contributed by atoms with Crippen LogP contribution >= 0.6 is 0 Å². The Bertz CT molecular complexity index is 526. The molecule has 3 rings (SSSR count). The Morgan fingerprint density at radius 1 is 1.30 bits per heavy atom. The van der Waals surface area contributed by atoms with Gasteiger partial charge in [-0.1, -0.05) is 6.92 Å². The molecule has 2 aliphatic heterocycles. The van der Waals surface area contributed by atoms with E-state index >= 15 is 0 Å². The average Bonchev–Trinajstić information content (AvgIpc) is 3.19. The Morgan fingerprint density at radius 2 is 2.09 bits per heavy atom. The molecule has 2 aliphatic rings. The number of amides is 2. The van der Waals surface area contributed by atoms with E-state index in [1.807, 2.05) is 19.1 Å². The number of benzene rings is 1. The van der Waals surface area contributed by atoms with Crippen molar-refractivity contribution in [2.24, 2.45) is 5.92 Å². The summed E-state index contributed by atoms with van der Waals surface area (Å²) < 4.78 is 5.60. The molecule has 1 aromatic carbocycles. The zero-order valence-corrected chi connectivity index (χ0v) is 14.0. The first kappa shape index (κ1) is 16.1. The van der Waals surface area contributed by atoms with Crippen molar-refractivity contribution in [1.82, 2.24) is 5.32 Å². The van der Waals surface area contributed by atoms with Gasteiger partial charge in [0.2, 0.25) is 0 Å². The zero-order valence-electron chi connectivity index (χ0n) is 14.0. The minimum absolute atomic E-state index is 0.0304. The van der Waals surface area contributed by atoms with Crippen LogP contribution in [-0.2, 0) is 4.74 Å². The lowest BCUT2D eigenvalue weighted by atomic mass is 10.1. The number of carbonyl (C=O) groups excluding carboxylic acids is 1. The van der Waals surface area contributed by atoms with Crippen LogP contribution in [0.1, 0.15) is 33.1 Å². The van der Waals surface area contributed by atoms with Crippen molar-refractivity contribution in [1.29, 1.82) is 0 Å². The van der Waals surface area contributed by atoms with Crippen LogP contribution in [0.25, 0.3) is 0 Å². The summed E-state index contributed by atoms with van der Waals surface area (Å²) in [6.07, 6.45) is 3.49. The van der Waals surface area contributed by atoms with Crippen molar-refractivity contribution in [2.75, 3.05) is 29.9 Å². The number of nitrogens with one attached hydrogen (secondary N) is 2. The molecule has 126 valence electrons. The Morgan fingerprint density at radius 3 is 2.70 bits per heavy atom. The maximum Gasteiger partial charge on any atom is 0.319 e. The van der Waals surface area contributed by atoms with Crippen LogP contribution in [0.4, 0.5) is 16.2 Å². The molecule has 2 N–H and O–H groups in total. The number of rotatable bonds is 4. The standard InChI is InChI=1S/C18H27N3O2/c1-13-9-10-21(12-13)16-7-5-15(6-8-16)20-18(22)19-14(2)17-4-3-11-23-17/h5-8,13-14,17H,3-4,9-12H2,1-2H3,(H2,19,20,22)/t13-,14-,17+/m1/s1. The number of anilines is 2. The summed E-state index contributed by atoms with van der Waals surface area (Å²) in [6, 6.07) is 7.95. The molecule has 0 unspecified atom stereocenters. The van der Waals surface area contributed by atoms with Crippen molar-refractivity contribution < 1.29 is 9.53 Å². The van der Waals surface area contributed by atoms with Gasteiger partial charge in [0.15, 0.2) is 0 Å². The first-order valence-corrected chi connectivity index (χ1v) is 8.66. The Kier molecular flexibility index (Phi) is 5.06. The van der Waals surface area contributed by atoms with E-state index in [9.17, 15) is 4.79 Å². The fourth-order valence-electron chi connectivity index (χ4n) is 3.39. The van der Waals surface area contributed by atoms with Crippen molar-refractivity contribution in [2.45, 2.75) is 45.3 Å². The summed E-state index contributed by atoms with van der Waals surface area (Å²) in [5.41, 5.74) is 2.05. The van der Waals surface area contributed by atoms with Gasteiger partial charge in [0, 0.05) is 31.1 Å². The molecule has 0 saturated carbocycles.